The van der Waals surface area contributed by atoms with Gasteiger partial charge >= 0.3 is 0 Å². The molecule has 0 N–H and O–H groups in total. The van der Waals surface area contributed by atoms with Gasteiger partial charge in [-0.25, -0.2) is 0 Å². The fourth-order valence-electron chi connectivity index (χ4n) is 5.81. The van der Waals surface area contributed by atoms with Gasteiger partial charge in [-0.05, 0) is 64.2 Å². The van der Waals surface area contributed by atoms with Gasteiger partial charge in [0.2, 0.25) is 0 Å². The number of aromatic nitrogens is 2. The number of benzene rings is 7. The maximum absolute atomic E-state index is 8.91. The predicted molar refractivity (Wildman–Crippen MR) is 193 cm³/mol. The molecule has 0 atom stereocenters. The van der Waals surface area contributed by atoms with E-state index in [1.807, 2.05) is 97.1 Å². The molecule has 48 heavy (non-hydrogen) atoms. The summed E-state index contributed by atoms with van der Waals surface area (Å²) in [4.78, 5) is 0. The second-order valence-corrected chi connectivity index (χ2v) is 10.8. The Morgan fingerprint density at radius 3 is 1.92 bits per heavy atom. The number of ether oxygens (including phenoxy) is 2. The summed E-state index contributed by atoms with van der Waals surface area (Å²) in [6.45, 7) is 0. The average molecular weight is 631 g/mol. The zero-order chi connectivity index (χ0) is 41.0. The summed E-state index contributed by atoms with van der Waals surface area (Å²) in [6.07, 6.45) is 3.39. The van der Waals surface area contributed by atoms with Gasteiger partial charge in [-0.1, -0.05) is 139 Å². The molecule has 1 aromatic heterocycles. The second kappa shape index (κ2) is 12.8. The molecule has 0 fully saturated rings. The van der Waals surface area contributed by atoms with Crippen molar-refractivity contribution in [3.63, 3.8) is 0 Å². The standard InChI is InChI=1S/C44H32N2O2/c1-47-43-28-11-8-23-38(43)34-19-12-21-36(29-34)48-37-22-13-20-35(30-37)45-31-46(42-27-10-9-26-41(42)45)44-39(32-15-4-2-5-16-32)24-14-25-40(44)33-17-6-3-7-18-33/h2-30H,1H3/i2D,3D,4D,5D,6D,7D,15D,16D,17D,18D. The molecular weight excluding hydrogens is 588 g/mol. The Morgan fingerprint density at radius 2 is 1.19 bits per heavy atom. The first kappa shape index (κ1) is 20.0. The topological polar surface area (TPSA) is 27.3 Å². The number of fused-ring (bicyclic) bond motifs is 1. The Labute approximate surface area is 294 Å². The van der Waals surface area contributed by atoms with Crippen molar-refractivity contribution in [1.29, 1.82) is 0 Å². The van der Waals surface area contributed by atoms with E-state index in [-0.39, 0.29) is 27.9 Å². The lowest BCUT2D eigenvalue weighted by Crippen LogP contribution is -2.31. The molecule has 8 rings (SSSR count). The Balaban J connectivity index is 1.34. The van der Waals surface area contributed by atoms with E-state index < -0.39 is 60.4 Å². The van der Waals surface area contributed by atoms with Gasteiger partial charge in [0, 0.05) is 5.56 Å². The van der Waals surface area contributed by atoms with Crippen LogP contribution in [-0.2, 0) is 0 Å². The minimum atomic E-state index is -0.563. The maximum atomic E-state index is 8.91. The Kier molecular flexibility index (Phi) is 5.32. The van der Waals surface area contributed by atoms with Crippen LogP contribution in [0.1, 0.15) is 13.7 Å². The first-order valence-corrected chi connectivity index (χ1v) is 15.2. The molecule has 4 heteroatoms. The average Bonchev–Trinajstić information content (AvgIpc) is 3.63. The highest BCUT2D eigenvalue weighted by Gasteiger charge is 2.19. The van der Waals surface area contributed by atoms with E-state index in [2.05, 4.69) is 6.33 Å². The molecule has 0 bridgehead atoms. The van der Waals surface area contributed by atoms with Crippen LogP contribution in [0, 0.1) is 6.33 Å². The molecular formula is C44H32N2O2. The van der Waals surface area contributed by atoms with E-state index in [1.54, 1.807) is 34.4 Å². The fourth-order valence-corrected chi connectivity index (χ4v) is 5.81. The summed E-state index contributed by atoms with van der Waals surface area (Å²) in [5.41, 5.74) is 3.94. The van der Waals surface area contributed by atoms with Gasteiger partial charge in [-0.15, -0.1) is 0 Å². The van der Waals surface area contributed by atoms with Crippen LogP contribution >= 0.6 is 0 Å². The highest BCUT2D eigenvalue weighted by atomic mass is 16.5. The van der Waals surface area contributed by atoms with Crippen LogP contribution in [0.25, 0.3) is 55.8 Å². The second-order valence-electron chi connectivity index (χ2n) is 10.8. The molecule has 0 aliphatic carbocycles. The van der Waals surface area contributed by atoms with Crippen molar-refractivity contribution in [2.24, 2.45) is 0 Å². The van der Waals surface area contributed by atoms with Gasteiger partial charge in [-0.2, -0.15) is 0 Å². The van der Waals surface area contributed by atoms with Crippen molar-refractivity contribution in [2.75, 3.05) is 7.11 Å². The maximum Gasteiger partial charge on any atom is 0.269 e. The molecule has 0 amide bonds. The Hall–Kier alpha value is -6.39. The van der Waals surface area contributed by atoms with Crippen LogP contribution in [0.2, 0.25) is 0 Å². The molecule has 0 saturated heterocycles. The molecule has 0 saturated carbocycles. The van der Waals surface area contributed by atoms with Crippen molar-refractivity contribution in [3.8, 4) is 62.0 Å². The highest BCUT2D eigenvalue weighted by Crippen LogP contribution is 2.36. The van der Waals surface area contributed by atoms with Crippen molar-refractivity contribution in [1.82, 2.24) is 4.57 Å². The SMILES string of the molecule is [2H]c1c([2H])c([2H])c(-c2cccc(-c3c([2H])c([2H])c([2H])c([2H])c3[2H])c2-[n+]2[c-]n(-c3cccc(Oc4cccc(-c5ccccc5OC)c4)c3)c3ccccc32)c([2H])c1[2H]. The molecule has 0 radical (unpaired) electrons. The van der Waals surface area contributed by atoms with Crippen LogP contribution in [0.15, 0.2) is 176 Å². The predicted octanol–water partition coefficient (Wildman–Crippen LogP) is 10.5. The molecule has 0 aliphatic rings. The van der Waals surface area contributed by atoms with Gasteiger partial charge in [0.05, 0.1) is 43.2 Å². The van der Waals surface area contributed by atoms with Gasteiger partial charge < -0.3 is 9.47 Å². The van der Waals surface area contributed by atoms with Gasteiger partial charge in [0.1, 0.15) is 17.2 Å². The quantitative estimate of drug-likeness (QED) is 0.123. The summed E-state index contributed by atoms with van der Waals surface area (Å²) >= 11 is 0. The van der Waals surface area contributed by atoms with E-state index in [0.717, 1.165) is 16.9 Å². The van der Waals surface area contributed by atoms with E-state index >= 15 is 0 Å². The molecule has 8 aromatic rings. The number of rotatable bonds is 8. The third kappa shape index (κ3) is 5.50. The lowest BCUT2D eigenvalue weighted by Gasteiger charge is -2.17. The number of imidazole rings is 1. The Morgan fingerprint density at radius 1 is 0.583 bits per heavy atom. The summed E-state index contributed by atoms with van der Waals surface area (Å²) in [5.74, 6) is 1.84. The molecule has 0 spiro atoms. The van der Waals surface area contributed by atoms with E-state index in [0.29, 0.717) is 28.2 Å². The molecule has 0 unspecified atom stereocenters. The van der Waals surface area contributed by atoms with E-state index in [1.165, 1.54) is 0 Å². The number of nitrogens with zero attached hydrogens (tertiary/aromatic N) is 2. The van der Waals surface area contributed by atoms with Crippen LogP contribution in [0.3, 0.4) is 0 Å². The highest BCUT2D eigenvalue weighted by molar-refractivity contribution is 5.84. The summed E-state index contributed by atoms with van der Waals surface area (Å²) < 4.78 is 101. The molecule has 7 aromatic carbocycles. The summed E-state index contributed by atoms with van der Waals surface area (Å²) in [6, 6.07) is 29.6. The minimum Gasteiger partial charge on any atom is -0.496 e. The third-order valence-electron chi connectivity index (χ3n) is 7.93. The molecule has 4 nitrogen and oxygen atoms in total. The number of methoxy groups -OCH3 is 1. The normalized spacial score (nSPS) is 13.9. The monoisotopic (exact) mass is 630 g/mol. The van der Waals surface area contributed by atoms with Crippen LogP contribution < -0.4 is 14.0 Å². The van der Waals surface area contributed by atoms with E-state index in [4.69, 9.17) is 23.2 Å². The lowest BCUT2D eigenvalue weighted by molar-refractivity contribution is -0.571. The lowest BCUT2D eigenvalue weighted by atomic mass is 9.95. The first-order chi connectivity index (χ1) is 27.9. The van der Waals surface area contributed by atoms with Crippen LogP contribution in [-0.4, -0.2) is 11.7 Å². The van der Waals surface area contributed by atoms with Crippen molar-refractivity contribution >= 4 is 11.0 Å². The largest absolute Gasteiger partial charge is 0.496 e. The van der Waals surface area contributed by atoms with Crippen LogP contribution in [0.4, 0.5) is 0 Å². The fraction of sp³-hybridized carbons (Fsp3) is 0.0227. The molecule has 230 valence electrons. The van der Waals surface area contributed by atoms with Crippen molar-refractivity contribution in [2.45, 2.75) is 0 Å². The first-order valence-electron chi connectivity index (χ1n) is 20.2. The number of para-hydroxylation sites is 4. The Bertz CT molecular complexity index is 2800. The third-order valence-corrected chi connectivity index (χ3v) is 7.93. The van der Waals surface area contributed by atoms with Gasteiger partial charge in [-0.3, -0.25) is 9.13 Å². The number of hydrogen-bond acceptors (Lipinski definition) is 2. The van der Waals surface area contributed by atoms with Crippen molar-refractivity contribution < 1.29 is 27.7 Å². The molecule has 1 heterocycles. The van der Waals surface area contributed by atoms with Gasteiger partial charge in [0.25, 0.3) is 6.33 Å². The molecule has 0 aliphatic heterocycles. The number of hydrogen-bond donors (Lipinski definition) is 0. The minimum absolute atomic E-state index is 0.126. The van der Waals surface area contributed by atoms with Crippen LogP contribution in [0.5, 0.6) is 17.2 Å². The van der Waals surface area contributed by atoms with Crippen molar-refractivity contribution in [3.05, 3.63) is 182 Å². The zero-order valence-corrected chi connectivity index (χ0v) is 25.7. The summed E-state index contributed by atoms with van der Waals surface area (Å²) in [5, 5.41) is 0. The van der Waals surface area contributed by atoms with E-state index in [9.17, 15) is 0 Å². The summed E-state index contributed by atoms with van der Waals surface area (Å²) in [7, 11) is 1.63. The van der Waals surface area contributed by atoms with Gasteiger partial charge in [0.15, 0.2) is 0 Å². The smallest absolute Gasteiger partial charge is 0.269 e. The zero-order valence-electron chi connectivity index (χ0n) is 35.7.